The molecule has 0 bridgehead atoms. The average Bonchev–Trinajstić information content (AvgIpc) is 2.99. The van der Waals surface area contributed by atoms with Crippen LogP contribution in [0.3, 0.4) is 0 Å². The van der Waals surface area contributed by atoms with Gasteiger partial charge in [0.1, 0.15) is 5.75 Å². The van der Waals surface area contributed by atoms with Crippen molar-refractivity contribution in [2.45, 2.75) is 38.3 Å². The van der Waals surface area contributed by atoms with E-state index in [9.17, 15) is 22.8 Å². The minimum absolute atomic E-state index is 0.0588. The lowest BCUT2D eigenvalue weighted by Crippen LogP contribution is -2.52. The molecule has 1 heterocycles. The minimum atomic E-state index is -4.55. The van der Waals surface area contributed by atoms with Crippen molar-refractivity contribution in [2.24, 2.45) is 5.92 Å². The van der Waals surface area contributed by atoms with Gasteiger partial charge in [-0.15, -0.1) is 0 Å². The summed E-state index contributed by atoms with van der Waals surface area (Å²) in [7, 11) is 1.64. The third-order valence-corrected chi connectivity index (χ3v) is 7.85. The molecule has 41 heavy (non-hydrogen) atoms. The van der Waals surface area contributed by atoms with Gasteiger partial charge in [-0.05, 0) is 31.0 Å². The van der Waals surface area contributed by atoms with E-state index in [-0.39, 0.29) is 17.5 Å². The molecule has 1 N–H and O–H groups in total. The van der Waals surface area contributed by atoms with E-state index in [4.69, 9.17) is 4.74 Å². The maximum Gasteiger partial charge on any atom is 0.418 e. The molecular formula is C31H39F3N4O3. The number of hydrogen-bond donors (Lipinski definition) is 1. The molecule has 10 heteroatoms. The molecular weight excluding hydrogens is 533 g/mol. The summed E-state index contributed by atoms with van der Waals surface area (Å²) >= 11 is 0. The van der Waals surface area contributed by atoms with E-state index in [2.05, 4.69) is 10.2 Å². The summed E-state index contributed by atoms with van der Waals surface area (Å²) in [5, 5.41) is 2.43. The predicted octanol–water partition coefficient (Wildman–Crippen LogP) is 5.99. The number of methoxy groups -OCH3 is 1. The molecule has 1 saturated heterocycles. The fourth-order valence-corrected chi connectivity index (χ4v) is 5.48. The van der Waals surface area contributed by atoms with Crippen LogP contribution in [-0.2, 0) is 11.0 Å². The number of carbonyl (C=O) groups is 2. The summed E-state index contributed by atoms with van der Waals surface area (Å²) < 4.78 is 45.4. The second kappa shape index (κ2) is 14.4. The first-order valence-electron chi connectivity index (χ1n) is 14.3. The summed E-state index contributed by atoms with van der Waals surface area (Å²) in [4.78, 5) is 31.8. The molecule has 222 valence electrons. The van der Waals surface area contributed by atoms with Crippen LogP contribution in [0.25, 0.3) is 6.08 Å². The predicted molar refractivity (Wildman–Crippen MR) is 154 cm³/mol. The molecule has 0 unspecified atom stereocenters. The Hall–Kier alpha value is -3.53. The Kier molecular flexibility index (Phi) is 10.7. The summed E-state index contributed by atoms with van der Waals surface area (Å²) in [6, 6.07) is 12.2. The van der Waals surface area contributed by atoms with Gasteiger partial charge in [0.25, 0.3) is 0 Å². The van der Waals surface area contributed by atoms with Crippen LogP contribution in [0, 0.1) is 5.92 Å². The van der Waals surface area contributed by atoms with Gasteiger partial charge in [0.15, 0.2) is 0 Å². The maximum atomic E-state index is 13.5. The third kappa shape index (κ3) is 8.48. The van der Waals surface area contributed by atoms with Crippen LogP contribution in [0.1, 0.15) is 43.2 Å². The van der Waals surface area contributed by atoms with Gasteiger partial charge in [-0.3, -0.25) is 9.69 Å². The molecule has 1 saturated carbocycles. The van der Waals surface area contributed by atoms with E-state index < -0.39 is 17.8 Å². The average molecular weight is 573 g/mol. The Morgan fingerprint density at radius 2 is 1.68 bits per heavy atom. The zero-order valence-corrected chi connectivity index (χ0v) is 23.5. The fourth-order valence-electron chi connectivity index (χ4n) is 5.48. The Morgan fingerprint density at radius 3 is 2.39 bits per heavy atom. The van der Waals surface area contributed by atoms with Gasteiger partial charge < -0.3 is 19.9 Å². The highest BCUT2D eigenvalue weighted by atomic mass is 19.4. The molecule has 2 fully saturated rings. The lowest BCUT2D eigenvalue weighted by atomic mass is 9.88. The normalized spacial score (nSPS) is 17.0. The van der Waals surface area contributed by atoms with Crippen LogP contribution in [0.2, 0.25) is 0 Å². The van der Waals surface area contributed by atoms with Crippen LogP contribution < -0.4 is 10.1 Å². The van der Waals surface area contributed by atoms with Crippen LogP contribution in [0.5, 0.6) is 5.75 Å². The quantitative estimate of drug-likeness (QED) is 0.401. The van der Waals surface area contributed by atoms with Gasteiger partial charge in [-0.1, -0.05) is 61.7 Å². The number of urea groups is 1. The standard InChI is InChI=1S/C31H39F3N4O3/c1-41-28-16-8-5-10-24(28)13-9-17-37(29(39)25-11-3-2-4-12-25)21-18-36-19-22-38(23-20-36)30(40)35-27-15-7-6-14-26(27)31(32,33)34/h5-10,13-16,25H,2-4,11-12,17-23H2,1H3,(H,35,40)/b13-9+. The lowest BCUT2D eigenvalue weighted by molar-refractivity contribution is -0.137. The number of ether oxygens (including phenoxy) is 1. The molecule has 0 spiro atoms. The molecule has 1 aliphatic heterocycles. The Balaban J connectivity index is 1.32. The largest absolute Gasteiger partial charge is 0.496 e. The highest BCUT2D eigenvalue weighted by Gasteiger charge is 2.34. The van der Waals surface area contributed by atoms with E-state index in [1.165, 1.54) is 29.5 Å². The second-order valence-electron chi connectivity index (χ2n) is 10.6. The van der Waals surface area contributed by atoms with Crippen LogP contribution in [0.4, 0.5) is 23.7 Å². The topological polar surface area (TPSA) is 65.1 Å². The SMILES string of the molecule is COc1ccccc1/C=C/CN(CCN1CCN(C(=O)Nc2ccccc2C(F)(F)F)CC1)C(=O)C1CCCCC1. The summed E-state index contributed by atoms with van der Waals surface area (Å²) in [6.45, 7) is 3.67. The van der Waals surface area contributed by atoms with E-state index in [0.29, 0.717) is 45.8 Å². The minimum Gasteiger partial charge on any atom is -0.496 e. The highest BCUT2D eigenvalue weighted by Crippen LogP contribution is 2.34. The number of anilines is 1. The molecule has 4 rings (SSSR count). The lowest BCUT2D eigenvalue weighted by Gasteiger charge is -2.36. The molecule has 1 aliphatic carbocycles. The summed E-state index contributed by atoms with van der Waals surface area (Å²) in [5.74, 6) is 1.02. The molecule has 2 aliphatic rings. The number of alkyl halides is 3. The maximum absolute atomic E-state index is 13.5. The van der Waals surface area contributed by atoms with E-state index >= 15 is 0 Å². The second-order valence-corrected chi connectivity index (χ2v) is 10.6. The van der Waals surface area contributed by atoms with E-state index in [1.807, 2.05) is 41.3 Å². The Bertz CT molecular complexity index is 1190. The van der Waals surface area contributed by atoms with Gasteiger partial charge in [0.05, 0.1) is 18.4 Å². The number of nitrogens with one attached hydrogen (secondary N) is 1. The van der Waals surface area contributed by atoms with Gasteiger partial charge in [0, 0.05) is 57.3 Å². The molecule has 0 radical (unpaired) electrons. The molecule has 0 aromatic heterocycles. The number of carbonyl (C=O) groups excluding carboxylic acids is 2. The molecule has 0 atom stereocenters. The van der Waals surface area contributed by atoms with Gasteiger partial charge in [-0.2, -0.15) is 13.2 Å². The molecule has 7 nitrogen and oxygen atoms in total. The number of halogens is 3. The number of amides is 3. The number of benzene rings is 2. The number of para-hydroxylation sites is 2. The number of nitrogens with zero attached hydrogens (tertiary/aromatic N) is 3. The monoisotopic (exact) mass is 572 g/mol. The molecule has 2 aromatic carbocycles. The zero-order valence-electron chi connectivity index (χ0n) is 23.5. The summed E-state index contributed by atoms with van der Waals surface area (Å²) in [6.07, 6.45) is 4.63. The smallest absolute Gasteiger partial charge is 0.418 e. The fraction of sp³-hybridized carbons (Fsp3) is 0.484. The van der Waals surface area contributed by atoms with Crippen LogP contribution in [-0.4, -0.2) is 79.6 Å². The van der Waals surface area contributed by atoms with Gasteiger partial charge in [0.2, 0.25) is 5.91 Å². The van der Waals surface area contributed by atoms with Crippen molar-refractivity contribution in [3.05, 3.63) is 65.7 Å². The van der Waals surface area contributed by atoms with Gasteiger partial charge in [-0.25, -0.2) is 4.79 Å². The van der Waals surface area contributed by atoms with Crippen molar-refractivity contribution in [1.82, 2.24) is 14.7 Å². The Morgan fingerprint density at radius 1 is 1.00 bits per heavy atom. The summed E-state index contributed by atoms with van der Waals surface area (Å²) in [5.41, 5.74) is -0.160. The molecule has 2 aromatic rings. The van der Waals surface area contributed by atoms with Crippen molar-refractivity contribution in [3.63, 3.8) is 0 Å². The first-order chi connectivity index (χ1) is 19.8. The van der Waals surface area contributed by atoms with E-state index in [1.54, 1.807) is 7.11 Å². The Labute approximate surface area is 239 Å². The van der Waals surface area contributed by atoms with E-state index in [0.717, 1.165) is 43.1 Å². The number of piperazine rings is 1. The zero-order chi connectivity index (χ0) is 29.2. The third-order valence-electron chi connectivity index (χ3n) is 7.85. The molecule has 3 amide bonds. The van der Waals surface area contributed by atoms with Gasteiger partial charge >= 0.3 is 12.2 Å². The van der Waals surface area contributed by atoms with Crippen molar-refractivity contribution in [2.75, 3.05) is 58.2 Å². The highest BCUT2D eigenvalue weighted by molar-refractivity contribution is 5.90. The number of hydrogen-bond acceptors (Lipinski definition) is 4. The number of rotatable bonds is 9. The van der Waals surface area contributed by atoms with Crippen LogP contribution in [0.15, 0.2) is 54.6 Å². The van der Waals surface area contributed by atoms with Crippen molar-refractivity contribution in [1.29, 1.82) is 0 Å². The first kappa shape index (κ1) is 30.4. The van der Waals surface area contributed by atoms with Crippen molar-refractivity contribution >= 4 is 23.7 Å². The van der Waals surface area contributed by atoms with Crippen molar-refractivity contribution < 1.29 is 27.5 Å². The van der Waals surface area contributed by atoms with Crippen molar-refractivity contribution in [3.8, 4) is 5.75 Å². The van der Waals surface area contributed by atoms with Crippen LogP contribution >= 0.6 is 0 Å². The first-order valence-corrected chi connectivity index (χ1v) is 14.3.